The molecule has 4 fully saturated rings. The third-order valence-electron chi connectivity index (χ3n) is 15.4. The molecule has 3 amide bonds. The standard InChI is InChI=1S/C58H71FN12O17/c1-33-24-41(65-53(77)50(39(59)25-63-68-60)80-30-35-16-8-3-9-17-35)45(73)52(88-56-48(76)51(43(29-72)85-56)87-55-44(67-70-62)47(75)46(74)42(84-55)26-64-69-61)49(33)86-54-40(66-57(78)81-31-36-18-10-4-11-19-36)23-22-38(83-54)28-71(27-34-14-6-2-7-15-34)58(79)82-32-37-20-12-5-13-21-37/h2-21,33,38-52,54-56,72-76H,22-32H2,1H3,(H,65,77)(H,66,78). The lowest BCUT2D eigenvalue weighted by molar-refractivity contribution is -0.297. The number of ether oxygens (including phenoxy) is 9. The summed E-state index contributed by atoms with van der Waals surface area (Å²) in [5, 5.41) is 72.9. The summed E-state index contributed by atoms with van der Waals surface area (Å²) in [4.78, 5) is 51.5. The van der Waals surface area contributed by atoms with Gasteiger partial charge < -0.3 is 83.7 Å². The van der Waals surface area contributed by atoms with Crippen LogP contribution in [0.1, 0.15) is 48.4 Å². The van der Waals surface area contributed by atoms with E-state index in [1.165, 1.54) is 4.90 Å². The van der Waals surface area contributed by atoms with Crippen molar-refractivity contribution in [2.75, 3.05) is 26.2 Å². The van der Waals surface area contributed by atoms with Crippen LogP contribution in [0, 0.1) is 5.92 Å². The van der Waals surface area contributed by atoms with Crippen molar-refractivity contribution in [2.24, 2.45) is 21.3 Å². The first-order chi connectivity index (χ1) is 42.7. The SMILES string of the molecule is CC1CC(NC(=O)C(OCc2ccccc2)C(F)CN=[N+]=[N-])C(O)C(OC2OC(CO)C(OC3OC(CN=[N+]=[N-])C(O)C(O)C3N=[N+]=[N-])C2O)C1OC1OC(CN(Cc2ccccc2)C(=O)OCc2ccccc2)CCC1NC(=O)OCc1ccccc1. The minimum atomic E-state index is -2.17. The third-order valence-corrected chi connectivity index (χ3v) is 15.4. The lowest BCUT2D eigenvalue weighted by atomic mass is 9.79. The van der Waals surface area contributed by atoms with Gasteiger partial charge in [-0.15, -0.1) is 0 Å². The number of alkyl carbamates (subject to hydrolysis) is 1. The van der Waals surface area contributed by atoms with E-state index in [2.05, 4.69) is 40.7 Å². The molecule has 30 heteroatoms. The Kier molecular flexibility index (Phi) is 24.9. The van der Waals surface area contributed by atoms with Gasteiger partial charge >= 0.3 is 12.2 Å². The van der Waals surface area contributed by atoms with Gasteiger partial charge in [-0.05, 0) is 64.0 Å². The van der Waals surface area contributed by atoms with E-state index >= 15 is 4.39 Å². The summed E-state index contributed by atoms with van der Waals surface area (Å²) in [6.45, 7) is -0.817. The molecule has 88 heavy (non-hydrogen) atoms. The van der Waals surface area contributed by atoms with Gasteiger partial charge in [0.2, 0.25) is 0 Å². The maximum atomic E-state index is 15.9. The number of amides is 3. The third kappa shape index (κ3) is 18.0. The van der Waals surface area contributed by atoms with Gasteiger partial charge in [0.25, 0.3) is 5.91 Å². The molecule has 19 atom stereocenters. The van der Waals surface area contributed by atoms with Gasteiger partial charge in [-0.1, -0.05) is 144 Å². The number of hydrogen-bond donors (Lipinski definition) is 7. The predicted molar refractivity (Wildman–Crippen MR) is 305 cm³/mol. The second-order valence-electron chi connectivity index (χ2n) is 21.5. The first kappa shape index (κ1) is 66.2. The molecular formula is C58H71FN12O17. The van der Waals surface area contributed by atoms with Crippen molar-refractivity contribution in [3.8, 4) is 0 Å². The van der Waals surface area contributed by atoms with Gasteiger partial charge in [-0.2, -0.15) is 0 Å². The summed E-state index contributed by atoms with van der Waals surface area (Å²) in [6, 6.07) is 31.8. The number of carbonyl (C=O) groups is 3. The molecule has 1 saturated carbocycles. The van der Waals surface area contributed by atoms with E-state index in [-0.39, 0.29) is 52.2 Å². The molecule has 4 aromatic rings. The first-order valence-electron chi connectivity index (χ1n) is 28.6. The van der Waals surface area contributed by atoms with Gasteiger partial charge in [-0.3, -0.25) is 4.79 Å². The van der Waals surface area contributed by atoms with Gasteiger partial charge in [0.1, 0.15) is 62.1 Å². The molecule has 4 aliphatic rings. The number of aliphatic hydroxyl groups excluding tert-OH is 5. The predicted octanol–water partition coefficient (Wildman–Crippen LogP) is 5.41. The highest BCUT2D eigenvalue weighted by Crippen LogP contribution is 2.38. The summed E-state index contributed by atoms with van der Waals surface area (Å²) in [7, 11) is 0. The van der Waals surface area contributed by atoms with Crippen LogP contribution in [-0.4, -0.2) is 185 Å². The normalized spacial score (nSPS) is 30.0. The average Bonchev–Trinajstić information content (AvgIpc) is 2.18. The number of alkyl halides is 1. The first-order valence-corrected chi connectivity index (χ1v) is 28.6. The zero-order valence-corrected chi connectivity index (χ0v) is 47.8. The molecule has 19 unspecified atom stereocenters. The van der Waals surface area contributed by atoms with Crippen molar-refractivity contribution >= 4 is 18.1 Å². The summed E-state index contributed by atoms with van der Waals surface area (Å²) < 4.78 is 71.3. The quantitative estimate of drug-likeness (QED) is 0.0223. The Morgan fingerprint density at radius 3 is 1.84 bits per heavy atom. The Bertz CT molecular complexity index is 3000. The Labute approximate surface area is 504 Å². The van der Waals surface area contributed by atoms with Gasteiger partial charge in [-0.25, -0.2) is 14.0 Å². The molecule has 8 rings (SSSR count). The average molecular weight is 1230 g/mol. The number of rotatable bonds is 27. The zero-order chi connectivity index (χ0) is 62.5. The molecule has 7 N–H and O–H groups in total. The molecular weight excluding hydrogens is 1160 g/mol. The van der Waals surface area contributed by atoms with Crippen LogP contribution in [0.4, 0.5) is 14.0 Å². The summed E-state index contributed by atoms with van der Waals surface area (Å²) in [6.07, 6.45) is -26.1. The summed E-state index contributed by atoms with van der Waals surface area (Å²) >= 11 is 0. The van der Waals surface area contributed by atoms with Crippen molar-refractivity contribution in [2.45, 2.75) is 163 Å². The minimum absolute atomic E-state index is 0.0297. The number of carbonyl (C=O) groups excluding carboxylic acids is 3. The van der Waals surface area contributed by atoms with Crippen molar-refractivity contribution in [3.63, 3.8) is 0 Å². The van der Waals surface area contributed by atoms with Crippen molar-refractivity contribution in [1.82, 2.24) is 15.5 Å². The van der Waals surface area contributed by atoms with E-state index in [0.29, 0.717) is 11.1 Å². The molecule has 3 saturated heterocycles. The fourth-order valence-corrected chi connectivity index (χ4v) is 10.8. The molecule has 4 aromatic carbocycles. The highest BCUT2D eigenvalue weighted by molar-refractivity contribution is 5.82. The fraction of sp³-hybridized carbons (Fsp3) is 0.534. The van der Waals surface area contributed by atoms with E-state index in [1.807, 2.05) is 66.7 Å². The fourth-order valence-electron chi connectivity index (χ4n) is 10.8. The number of nitrogens with one attached hydrogen (secondary N) is 2. The van der Waals surface area contributed by atoms with Crippen LogP contribution in [-0.2, 0) is 73.8 Å². The number of halogens is 1. The second kappa shape index (κ2) is 33.0. The van der Waals surface area contributed by atoms with E-state index in [0.717, 1.165) is 11.1 Å². The summed E-state index contributed by atoms with van der Waals surface area (Å²) in [5.74, 6) is -1.85. The van der Waals surface area contributed by atoms with E-state index in [9.17, 15) is 45.4 Å². The van der Waals surface area contributed by atoms with Crippen LogP contribution >= 0.6 is 0 Å². The molecule has 3 heterocycles. The number of hydrogen-bond acceptors (Lipinski definition) is 20. The van der Waals surface area contributed by atoms with Crippen LogP contribution in [0.5, 0.6) is 0 Å². The maximum absolute atomic E-state index is 15.9. The van der Waals surface area contributed by atoms with Crippen molar-refractivity contribution in [1.29, 1.82) is 0 Å². The van der Waals surface area contributed by atoms with Crippen LogP contribution < -0.4 is 10.6 Å². The Morgan fingerprint density at radius 2 is 1.23 bits per heavy atom. The Hall–Kier alpha value is -7.73. The Morgan fingerprint density at radius 1 is 0.648 bits per heavy atom. The highest BCUT2D eigenvalue weighted by Gasteiger charge is 2.55. The minimum Gasteiger partial charge on any atom is -0.445 e. The van der Waals surface area contributed by atoms with Crippen LogP contribution in [0.25, 0.3) is 31.3 Å². The van der Waals surface area contributed by atoms with E-state index < -0.39 is 154 Å². The second-order valence-corrected chi connectivity index (χ2v) is 21.5. The van der Waals surface area contributed by atoms with Crippen molar-refractivity contribution < 1.29 is 86.9 Å². The number of nitrogens with zero attached hydrogens (tertiary/aromatic N) is 10. The number of azide groups is 3. The van der Waals surface area contributed by atoms with Gasteiger partial charge in [0.05, 0.1) is 69.3 Å². The molecule has 0 radical (unpaired) electrons. The van der Waals surface area contributed by atoms with Crippen LogP contribution in [0.15, 0.2) is 137 Å². The molecule has 3 aliphatic heterocycles. The molecule has 472 valence electrons. The van der Waals surface area contributed by atoms with Gasteiger partial charge in [0, 0.05) is 21.3 Å². The molecule has 0 bridgehead atoms. The summed E-state index contributed by atoms with van der Waals surface area (Å²) in [5.41, 5.74) is 30.2. The van der Waals surface area contributed by atoms with Crippen LogP contribution in [0.2, 0.25) is 0 Å². The van der Waals surface area contributed by atoms with E-state index in [4.69, 9.17) is 53.7 Å². The maximum Gasteiger partial charge on any atom is 0.410 e. The molecule has 1 aliphatic carbocycles. The number of aliphatic hydroxyl groups is 5. The highest BCUT2D eigenvalue weighted by atomic mass is 19.1. The molecule has 0 aromatic heterocycles. The number of benzene rings is 4. The topological polar surface area (TPSA) is 409 Å². The van der Waals surface area contributed by atoms with E-state index in [1.54, 1.807) is 61.5 Å². The lowest BCUT2D eigenvalue weighted by Gasteiger charge is -2.47. The van der Waals surface area contributed by atoms with Crippen LogP contribution in [0.3, 0.4) is 0 Å². The van der Waals surface area contributed by atoms with Crippen molar-refractivity contribution in [3.05, 3.63) is 175 Å². The largest absolute Gasteiger partial charge is 0.445 e. The van der Waals surface area contributed by atoms with Gasteiger partial charge in [0.15, 0.2) is 25.0 Å². The smallest absolute Gasteiger partial charge is 0.410 e. The lowest BCUT2D eigenvalue weighted by Crippen LogP contribution is -2.64. The zero-order valence-electron chi connectivity index (χ0n) is 47.8. The molecule has 29 nitrogen and oxygen atoms in total. The monoisotopic (exact) mass is 1230 g/mol. The Balaban J connectivity index is 1.10. The molecule has 0 spiro atoms.